The monoisotopic (exact) mass is 448 g/mol. The molecule has 0 spiro atoms. The maximum Gasteiger partial charge on any atom is 0.274 e. The third-order valence-electron chi connectivity index (χ3n) is 3.99. The van der Waals surface area contributed by atoms with Crippen LogP contribution in [0.5, 0.6) is 0 Å². The molecule has 7 nitrogen and oxygen atoms in total. The lowest BCUT2D eigenvalue weighted by molar-refractivity contribution is 0.102. The Balaban J connectivity index is 1.90. The minimum absolute atomic E-state index is 0.00329. The molecular weight excluding hydrogens is 432 g/mol. The van der Waals surface area contributed by atoms with Gasteiger partial charge in [-0.3, -0.25) is 9.89 Å². The molecule has 2 aromatic carbocycles. The number of nitrogens with one attached hydrogen (secondary N) is 2. The van der Waals surface area contributed by atoms with Crippen molar-refractivity contribution < 1.29 is 13.2 Å². The number of hydrogen-bond donors (Lipinski definition) is 3. The van der Waals surface area contributed by atoms with Gasteiger partial charge < -0.3 is 5.32 Å². The highest BCUT2D eigenvalue weighted by Crippen LogP contribution is 2.29. The van der Waals surface area contributed by atoms with Crippen molar-refractivity contribution in [3.63, 3.8) is 0 Å². The molecule has 1 aromatic heterocycles. The Morgan fingerprint density at radius 2 is 1.93 bits per heavy atom. The van der Waals surface area contributed by atoms with E-state index in [4.69, 9.17) is 5.14 Å². The number of sulfonamides is 1. The summed E-state index contributed by atoms with van der Waals surface area (Å²) < 4.78 is 24.1. The molecule has 0 atom stereocenters. The molecule has 4 N–H and O–H groups in total. The van der Waals surface area contributed by atoms with Gasteiger partial charge in [0, 0.05) is 11.3 Å². The van der Waals surface area contributed by atoms with Crippen LogP contribution in [0.1, 0.15) is 23.0 Å². The van der Waals surface area contributed by atoms with Crippen LogP contribution in [-0.4, -0.2) is 24.5 Å². The number of benzene rings is 2. The van der Waals surface area contributed by atoms with Gasteiger partial charge in [0.2, 0.25) is 10.0 Å². The molecule has 27 heavy (non-hydrogen) atoms. The van der Waals surface area contributed by atoms with Crippen LogP contribution >= 0.6 is 15.9 Å². The predicted octanol–water partition coefficient (Wildman–Crippen LogP) is 3.30. The number of aromatic nitrogens is 2. The van der Waals surface area contributed by atoms with Crippen LogP contribution in [0.2, 0.25) is 0 Å². The fraction of sp³-hybridized carbons (Fsp3) is 0.111. The lowest BCUT2D eigenvalue weighted by Gasteiger charge is -2.10. The van der Waals surface area contributed by atoms with Crippen LogP contribution in [0.15, 0.2) is 57.9 Å². The number of aromatic amines is 1. The molecular formula is C18H17BrN4O3S. The molecule has 3 rings (SSSR count). The molecule has 0 aliphatic rings. The van der Waals surface area contributed by atoms with Gasteiger partial charge >= 0.3 is 0 Å². The molecule has 0 saturated heterocycles. The average molecular weight is 449 g/mol. The Hall–Kier alpha value is -2.49. The zero-order valence-electron chi connectivity index (χ0n) is 14.4. The summed E-state index contributed by atoms with van der Waals surface area (Å²) in [6.07, 6.45) is 0.506. The first-order valence-corrected chi connectivity index (χ1v) is 10.4. The van der Waals surface area contributed by atoms with Crippen molar-refractivity contribution in [2.75, 3.05) is 5.32 Å². The minimum Gasteiger partial charge on any atom is -0.321 e. The molecule has 1 amide bonds. The lowest BCUT2D eigenvalue weighted by atomic mass is 10.1. The van der Waals surface area contributed by atoms with Crippen molar-refractivity contribution in [3.05, 3.63) is 64.3 Å². The second-order valence-corrected chi connectivity index (χ2v) is 8.13. The molecule has 0 aliphatic heterocycles. The first-order chi connectivity index (χ1) is 12.8. The van der Waals surface area contributed by atoms with Crippen molar-refractivity contribution in [1.29, 1.82) is 0 Å². The van der Waals surface area contributed by atoms with E-state index < -0.39 is 15.9 Å². The van der Waals surface area contributed by atoms with E-state index in [-0.39, 0.29) is 10.6 Å². The van der Waals surface area contributed by atoms with Crippen LogP contribution in [0.3, 0.4) is 0 Å². The van der Waals surface area contributed by atoms with E-state index in [1.54, 1.807) is 12.1 Å². The van der Waals surface area contributed by atoms with Crippen molar-refractivity contribution in [2.24, 2.45) is 5.14 Å². The number of anilines is 1. The molecule has 0 bridgehead atoms. The summed E-state index contributed by atoms with van der Waals surface area (Å²) in [6, 6.07) is 14.0. The van der Waals surface area contributed by atoms with E-state index in [0.717, 1.165) is 5.56 Å². The number of nitrogens with two attached hydrogens (primary N) is 1. The first kappa shape index (κ1) is 19.3. The molecule has 140 valence electrons. The fourth-order valence-electron chi connectivity index (χ4n) is 2.65. The molecule has 0 unspecified atom stereocenters. The molecule has 0 fully saturated rings. The van der Waals surface area contributed by atoms with Crippen molar-refractivity contribution in [3.8, 4) is 11.3 Å². The Kier molecular flexibility index (Phi) is 5.45. The number of rotatable bonds is 5. The van der Waals surface area contributed by atoms with Gasteiger partial charge in [0.25, 0.3) is 5.91 Å². The summed E-state index contributed by atoms with van der Waals surface area (Å²) in [5.74, 6) is -0.457. The second kappa shape index (κ2) is 7.63. The van der Waals surface area contributed by atoms with Crippen LogP contribution < -0.4 is 10.5 Å². The first-order valence-electron chi connectivity index (χ1n) is 8.07. The Morgan fingerprint density at radius 1 is 1.22 bits per heavy atom. The summed E-state index contributed by atoms with van der Waals surface area (Å²) in [5.41, 5.74) is 2.59. The number of amides is 1. The zero-order valence-corrected chi connectivity index (χ0v) is 16.8. The molecule has 1 heterocycles. The molecule has 0 saturated carbocycles. The van der Waals surface area contributed by atoms with Gasteiger partial charge in [-0.1, -0.05) is 43.3 Å². The highest BCUT2D eigenvalue weighted by Gasteiger charge is 2.20. The Labute approximate surface area is 165 Å². The predicted molar refractivity (Wildman–Crippen MR) is 107 cm³/mol. The molecule has 0 radical (unpaired) electrons. The zero-order chi connectivity index (χ0) is 19.6. The number of carbonyl (C=O) groups is 1. The molecule has 3 aromatic rings. The number of H-pyrrole nitrogens is 1. The van der Waals surface area contributed by atoms with Crippen LogP contribution in [-0.2, 0) is 16.4 Å². The van der Waals surface area contributed by atoms with Gasteiger partial charge in [0.05, 0.1) is 9.37 Å². The quantitative estimate of drug-likeness (QED) is 0.554. The highest BCUT2D eigenvalue weighted by atomic mass is 79.9. The maximum atomic E-state index is 12.6. The summed E-state index contributed by atoms with van der Waals surface area (Å²) >= 11 is 3.40. The Bertz CT molecular complexity index is 1100. The van der Waals surface area contributed by atoms with Gasteiger partial charge in [-0.2, -0.15) is 5.10 Å². The number of hydrogen-bond acceptors (Lipinski definition) is 4. The van der Waals surface area contributed by atoms with Gasteiger partial charge in [0.1, 0.15) is 11.4 Å². The number of carbonyl (C=O) groups excluding carboxylic acids is 1. The van der Waals surface area contributed by atoms with E-state index in [9.17, 15) is 13.2 Å². The SMILES string of the molecule is CCc1ccc(NC(=O)c2[nH]nc(-c3ccccc3)c2Br)cc1S(N)(=O)=O. The summed E-state index contributed by atoms with van der Waals surface area (Å²) in [4.78, 5) is 12.6. The van der Waals surface area contributed by atoms with E-state index in [1.807, 2.05) is 37.3 Å². The number of primary sulfonamides is 1. The smallest absolute Gasteiger partial charge is 0.274 e. The van der Waals surface area contributed by atoms with Crippen molar-refractivity contribution >= 4 is 37.5 Å². The van der Waals surface area contributed by atoms with Crippen molar-refractivity contribution in [2.45, 2.75) is 18.2 Å². The summed E-state index contributed by atoms with van der Waals surface area (Å²) in [6.45, 7) is 1.83. The summed E-state index contributed by atoms with van der Waals surface area (Å²) in [7, 11) is -3.89. The van der Waals surface area contributed by atoms with E-state index in [2.05, 4.69) is 31.4 Å². The van der Waals surface area contributed by atoms with Gasteiger partial charge in [-0.25, -0.2) is 13.6 Å². The van der Waals surface area contributed by atoms with E-state index >= 15 is 0 Å². The van der Waals surface area contributed by atoms with Gasteiger partial charge in [-0.15, -0.1) is 0 Å². The van der Waals surface area contributed by atoms with Gasteiger partial charge in [0.15, 0.2) is 0 Å². The lowest BCUT2D eigenvalue weighted by Crippen LogP contribution is -2.17. The summed E-state index contributed by atoms with van der Waals surface area (Å²) in [5, 5.41) is 14.8. The third-order valence-corrected chi connectivity index (χ3v) is 5.76. The van der Waals surface area contributed by atoms with Crippen LogP contribution in [0, 0.1) is 0 Å². The van der Waals surface area contributed by atoms with Crippen LogP contribution in [0.4, 0.5) is 5.69 Å². The number of aryl methyl sites for hydroxylation is 1. The van der Waals surface area contributed by atoms with Crippen LogP contribution in [0.25, 0.3) is 11.3 Å². The van der Waals surface area contributed by atoms with E-state index in [1.165, 1.54) is 6.07 Å². The minimum atomic E-state index is -3.89. The maximum absolute atomic E-state index is 12.6. The highest BCUT2D eigenvalue weighted by molar-refractivity contribution is 9.10. The standard InChI is InChI=1S/C18H17BrN4O3S/c1-2-11-8-9-13(10-14(11)27(20,25)26)21-18(24)17-15(19)16(22-23-17)12-6-4-3-5-7-12/h3-10H,2H2,1H3,(H,21,24)(H,22,23)(H2,20,25,26). The third kappa shape index (κ3) is 4.10. The fourth-order valence-corrected chi connectivity index (χ4v) is 4.10. The average Bonchev–Trinajstić information content (AvgIpc) is 3.03. The topological polar surface area (TPSA) is 118 Å². The molecule has 0 aliphatic carbocycles. The van der Waals surface area contributed by atoms with E-state index in [0.29, 0.717) is 27.8 Å². The number of nitrogens with zero attached hydrogens (tertiary/aromatic N) is 1. The largest absolute Gasteiger partial charge is 0.321 e. The van der Waals surface area contributed by atoms with Crippen molar-refractivity contribution in [1.82, 2.24) is 10.2 Å². The number of halogens is 1. The molecule has 9 heteroatoms. The van der Waals surface area contributed by atoms with Gasteiger partial charge in [-0.05, 0) is 40.0 Å². The second-order valence-electron chi connectivity index (χ2n) is 5.80. The Morgan fingerprint density at radius 3 is 2.56 bits per heavy atom. The normalized spacial score (nSPS) is 11.4.